The standard InChI is InChI=1S/C15H20O3/c1-11-9-12(6-7-14(11)15(16)17)3-2-8-18-10-13-4-5-13/h6-7,9,13H,2-5,8,10H2,1H3,(H,16,17). The van der Waals surface area contributed by atoms with Gasteiger partial charge in [-0.25, -0.2) is 4.79 Å². The highest BCUT2D eigenvalue weighted by molar-refractivity contribution is 5.89. The lowest BCUT2D eigenvalue weighted by molar-refractivity contribution is 0.0696. The van der Waals surface area contributed by atoms with Crippen molar-refractivity contribution in [2.45, 2.75) is 32.6 Å². The van der Waals surface area contributed by atoms with Gasteiger partial charge in [-0.15, -0.1) is 0 Å². The molecule has 1 aromatic rings. The fourth-order valence-electron chi connectivity index (χ4n) is 2.03. The van der Waals surface area contributed by atoms with Gasteiger partial charge in [0.1, 0.15) is 0 Å². The molecule has 0 atom stereocenters. The smallest absolute Gasteiger partial charge is 0.335 e. The van der Waals surface area contributed by atoms with Crippen molar-refractivity contribution in [3.63, 3.8) is 0 Å². The van der Waals surface area contributed by atoms with E-state index in [9.17, 15) is 4.79 Å². The van der Waals surface area contributed by atoms with Crippen LogP contribution in [-0.2, 0) is 11.2 Å². The Morgan fingerprint density at radius 2 is 2.22 bits per heavy atom. The fourth-order valence-corrected chi connectivity index (χ4v) is 2.03. The summed E-state index contributed by atoms with van der Waals surface area (Å²) in [5, 5.41) is 8.94. The summed E-state index contributed by atoms with van der Waals surface area (Å²) in [4.78, 5) is 10.9. The number of carboxylic acids is 1. The van der Waals surface area contributed by atoms with E-state index in [2.05, 4.69) is 0 Å². The molecule has 0 aliphatic heterocycles. The molecular weight excluding hydrogens is 228 g/mol. The van der Waals surface area contributed by atoms with Gasteiger partial charge in [0.05, 0.1) is 5.56 Å². The highest BCUT2D eigenvalue weighted by Gasteiger charge is 2.20. The van der Waals surface area contributed by atoms with Crippen LogP contribution in [0, 0.1) is 12.8 Å². The summed E-state index contributed by atoms with van der Waals surface area (Å²) >= 11 is 0. The van der Waals surface area contributed by atoms with Crippen LogP contribution in [0.3, 0.4) is 0 Å². The van der Waals surface area contributed by atoms with Crippen molar-refractivity contribution in [3.05, 3.63) is 34.9 Å². The number of benzene rings is 1. The van der Waals surface area contributed by atoms with Gasteiger partial charge in [-0.2, -0.15) is 0 Å². The van der Waals surface area contributed by atoms with Crippen LogP contribution in [0.5, 0.6) is 0 Å². The summed E-state index contributed by atoms with van der Waals surface area (Å²) in [5.74, 6) is -0.0334. The topological polar surface area (TPSA) is 46.5 Å². The largest absolute Gasteiger partial charge is 0.478 e. The molecule has 3 nitrogen and oxygen atoms in total. The molecule has 0 spiro atoms. The Bertz CT molecular complexity index is 422. The van der Waals surface area contributed by atoms with Crippen LogP contribution in [0.1, 0.15) is 40.7 Å². The Balaban J connectivity index is 1.74. The van der Waals surface area contributed by atoms with E-state index in [1.165, 1.54) is 18.4 Å². The molecular formula is C15H20O3. The maximum Gasteiger partial charge on any atom is 0.335 e. The number of carboxylic acid groups (broad SMARTS) is 1. The molecule has 0 heterocycles. The van der Waals surface area contributed by atoms with Gasteiger partial charge in [-0.3, -0.25) is 0 Å². The van der Waals surface area contributed by atoms with Gasteiger partial charge < -0.3 is 9.84 Å². The number of ether oxygens (including phenoxy) is 1. The Morgan fingerprint density at radius 3 is 2.83 bits per heavy atom. The van der Waals surface area contributed by atoms with Crippen LogP contribution in [-0.4, -0.2) is 24.3 Å². The minimum atomic E-state index is -0.855. The molecule has 0 aromatic heterocycles. The predicted octanol–water partition coefficient (Wildman–Crippen LogP) is 3.05. The molecule has 0 radical (unpaired) electrons. The molecule has 3 heteroatoms. The SMILES string of the molecule is Cc1cc(CCCOCC2CC2)ccc1C(=O)O. The molecule has 1 aromatic carbocycles. The van der Waals surface area contributed by atoms with Crippen LogP contribution in [0.2, 0.25) is 0 Å². The molecule has 1 fully saturated rings. The zero-order chi connectivity index (χ0) is 13.0. The van der Waals surface area contributed by atoms with Gasteiger partial charge in [-0.05, 0) is 55.7 Å². The summed E-state index contributed by atoms with van der Waals surface area (Å²) in [6.45, 7) is 3.56. The molecule has 0 saturated heterocycles. The van der Waals surface area contributed by atoms with Crippen molar-refractivity contribution < 1.29 is 14.6 Å². The summed E-state index contributed by atoms with van der Waals surface area (Å²) in [5.41, 5.74) is 2.41. The van der Waals surface area contributed by atoms with Crippen molar-refractivity contribution in [2.75, 3.05) is 13.2 Å². The van der Waals surface area contributed by atoms with E-state index in [1.54, 1.807) is 6.07 Å². The molecule has 98 valence electrons. The lowest BCUT2D eigenvalue weighted by Crippen LogP contribution is -2.02. The second-order valence-corrected chi connectivity index (χ2v) is 5.08. The number of rotatable bonds is 7. The Kier molecular flexibility index (Phi) is 4.37. The summed E-state index contributed by atoms with van der Waals surface area (Å²) in [7, 11) is 0. The number of aryl methyl sites for hydroxylation is 2. The average Bonchev–Trinajstić information content (AvgIpc) is 3.12. The van der Waals surface area contributed by atoms with E-state index in [0.29, 0.717) is 5.56 Å². The normalized spacial score (nSPS) is 14.7. The minimum Gasteiger partial charge on any atom is -0.478 e. The first-order valence-electron chi connectivity index (χ1n) is 6.57. The maximum atomic E-state index is 10.9. The van der Waals surface area contributed by atoms with E-state index >= 15 is 0 Å². The van der Waals surface area contributed by atoms with E-state index in [0.717, 1.165) is 37.5 Å². The third-order valence-corrected chi connectivity index (χ3v) is 3.33. The van der Waals surface area contributed by atoms with Crippen LogP contribution >= 0.6 is 0 Å². The van der Waals surface area contributed by atoms with Gasteiger partial charge in [-0.1, -0.05) is 12.1 Å². The third-order valence-electron chi connectivity index (χ3n) is 3.33. The highest BCUT2D eigenvalue weighted by Crippen LogP contribution is 2.28. The molecule has 18 heavy (non-hydrogen) atoms. The van der Waals surface area contributed by atoms with Gasteiger partial charge in [0.2, 0.25) is 0 Å². The lowest BCUT2D eigenvalue weighted by atomic mass is 10.0. The molecule has 0 bridgehead atoms. The van der Waals surface area contributed by atoms with Gasteiger partial charge in [0.15, 0.2) is 0 Å². The first-order chi connectivity index (χ1) is 8.66. The minimum absolute atomic E-state index is 0.392. The summed E-state index contributed by atoms with van der Waals surface area (Å²) in [6.07, 6.45) is 4.61. The van der Waals surface area contributed by atoms with Gasteiger partial charge in [0.25, 0.3) is 0 Å². The Morgan fingerprint density at radius 1 is 1.44 bits per heavy atom. The second-order valence-electron chi connectivity index (χ2n) is 5.08. The fraction of sp³-hybridized carbons (Fsp3) is 0.533. The van der Waals surface area contributed by atoms with Crippen LogP contribution in [0.25, 0.3) is 0 Å². The number of carbonyl (C=O) groups is 1. The van der Waals surface area contributed by atoms with Crippen molar-refractivity contribution >= 4 is 5.97 Å². The van der Waals surface area contributed by atoms with E-state index in [4.69, 9.17) is 9.84 Å². The molecule has 1 aliphatic carbocycles. The highest BCUT2D eigenvalue weighted by atomic mass is 16.5. The molecule has 1 saturated carbocycles. The van der Waals surface area contributed by atoms with Gasteiger partial charge in [0, 0.05) is 13.2 Å². The van der Waals surface area contributed by atoms with Gasteiger partial charge >= 0.3 is 5.97 Å². The Labute approximate surface area is 108 Å². The van der Waals surface area contributed by atoms with Crippen LogP contribution in [0.4, 0.5) is 0 Å². The zero-order valence-corrected chi connectivity index (χ0v) is 10.8. The predicted molar refractivity (Wildman–Crippen MR) is 70.0 cm³/mol. The van der Waals surface area contributed by atoms with E-state index in [1.807, 2.05) is 19.1 Å². The summed E-state index contributed by atoms with van der Waals surface area (Å²) < 4.78 is 5.58. The molecule has 1 aliphatic rings. The number of aromatic carboxylic acids is 1. The molecule has 1 N–H and O–H groups in total. The van der Waals surface area contributed by atoms with Crippen molar-refractivity contribution in [2.24, 2.45) is 5.92 Å². The van der Waals surface area contributed by atoms with Crippen molar-refractivity contribution in [3.8, 4) is 0 Å². The zero-order valence-electron chi connectivity index (χ0n) is 10.8. The quantitative estimate of drug-likeness (QED) is 0.754. The average molecular weight is 248 g/mol. The number of hydrogen-bond acceptors (Lipinski definition) is 2. The van der Waals surface area contributed by atoms with Crippen LogP contribution in [0.15, 0.2) is 18.2 Å². The molecule has 2 rings (SSSR count). The maximum absolute atomic E-state index is 10.9. The molecule has 0 amide bonds. The number of hydrogen-bond donors (Lipinski definition) is 1. The Hall–Kier alpha value is -1.35. The van der Waals surface area contributed by atoms with Crippen LogP contribution < -0.4 is 0 Å². The molecule has 0 unspecified atom stereocenters. The van der Waals surface area contributed by atoms with Crippen molar-refractivity contribution in [1.29, 1.82) is 0 Å². The first-order valence-corrected chi connectivity index (χ1v) is 6.57. The summed E-state index contributed by atoms with van der Waals surface area (Å²) in [6, 6.07) is 5.56. The van der Waals surface area contributed by atoms with Crippen molar-refractivity contribution in [1.82, 2.24) is 0 Å². The van der Waals surface area contributed by atoms with E-state index < -0.39 is 5.97 Å². The van der Waals surface area contributed by atoms with E-state index in [-0.39, 0.29) is 0 Å². The third kappa shape index (κ3) is 3.84. The first kappa shape index (κ1) is 13.1. The monoisotopic (exact) mass is 248 g/mol. The lowest BCUT2D eigenvalue weighted by Gasteiger charge is -2.06. The second kappa shape index (κ2) is 6.01.